The molecule has 0 N–H and O–H groups in total. The minimum absolute atomic E-state index is 0.0848. The van der Waals surface area contributed by atoms with E-state index in [9.17, 15) is 14.0 Å². The first-order valence-electron chi connectivity index (χ1n) is 14.5. The highest BCUT2D eigenvalue weighted by atomic mass is 19.1. The van der Waals surface area contributed by atoms with Crippen LogP contribution >= 0.6 is 0 Å². The third-order valence-corrected chi connectivity index (χ3v) is 7.35. The van der Waals surface area contributed by atoms with Crippen molar-refractivity contribution < 1.29 is 41.9 Å². The van der Waals surface area contributed by atoms with Gasteiger partial charge in [-0.3, -0.25) is 0 Å². The molecule has 0 unspecified atom stereocenters. The predicted molar refractivity (Wildman–Crippen MR) is 159 cm³/mol. The van der Waals surface area contributed by atoms with E-state index < -0.39 is 23.2 Å². The van der Waals surface area contributed by atoms with Gasteiger partial charge in [-0.2, -0.15) is 4.68 Å². The van der Waals surface area contributed by atoms with Gasteiger partial charge in [-0.1, -0.05) is 6.07 Å². The van der Waals surface area contributed by atoms with Gasteiger partial charge in [0.2, 0.25) is 5.88 Å². The number of hydrogen-bond acceptors (Lipinski definition) is 9. The molecule has 0 saturated carbocycles. The monoisotopic (exact) mass is 634 g/mol. The van der Waals surface area contributed by atoms with Crippen molar-refractivity contribution in [1.29, 1.82) is 0 Å². The summed E-state index contributed by atoms with van der Waals surface area (Å²) in [4.78, 5) is 35.0. The van der Waals surface area contributed by atoms with Crippen LogP contribution < -0.4 is 24.6 Å². The summed E-state index contributed by atoms with van der Waals surface area (Å²) in [6.07, 6.45) is 1.03. The second-order valence-electron chi connectivity index (χ2n) is 10.3. The molecule has 6 rings (SSSR count). The van der Waals surface area contributed by atoms with Crippen LogP contribution in [-0.2, 0) is 22.9 Å². The van der Waals surface area contributed by atoms with Crippen LogP contribution in [0.2, 0.25) is 0 Å². The fourth-order valence-electron chi connectivity index (χ4n) is 4.99. The molecule has 0 spiro atoms. The first kappa shape index (κ1) is 30.8. The Balaban J connectivity index is 1.23. The van der Waals surface area contributed by atoms with Gasteiger partial charge < -0.3 is 23.7 Å². The molecular formula is C32H30F2N5O7+. The fraction of sp³-hybridized carbons (Fsp3) is 0.281. The molecule has 3 heterocycles. The van der Waals surface area contributed by atoms with Crippen LogP contribution in [0.5, 0.6) is 23.1 Å². The lowest BCUT2D eigenvalue weighted by Gasteiger charge is -2.16. The Morgan fingerprint density at radius 1 is 0.913 bits per heavy atom. The van der Waals surface area contributed by atoms with E-state index in [1.54, 1.807) is 26.1 Å². The van der Waals surface area contributed by atoms with E-state index in [0.29, 0.717) is 72.5 Å². The van der Waals surface area contributed by atoms with Gasteiger partial charge in [0.05, 0.1) is 49.4 Å². The van der Waals surface area contributed by atoms with Crippen molar-refractivity contribution in [2.45, 2.75) is 13.3 Å². The Morgan fingerprint density at radius 3 is 2.28 bits per heavy atom. The molecule has 14 heteroatoms. The summed E-state index contributed by atoms with van der Waals surface area (Å²) in [7, 11) is 1.61. The lowest BCUT2D eigenvalue weighted by Crippen LogP contribution is -2.43. The Hall–Kier alpha value is -5.21. The Kier molecular flexibility index (Phi) is 8.99. The normalized spacial score (nSPS) is 14.0. The fourth-order valence-corrected chi connectivity index (χ4v) is 4.99. The topological polar surface area (TPSA) is 120 Å². The van der Waals surface area contributed by atoms with Crippen LogP contribution in [-0.4, -0.2) is 64.8 Å². The summed E-state index contributed by atoms with van der Waals surface area (Å²) >= 11 is 0. The first-order valence-corrected chi connectivity index (χ1v) is 14.5. The summed E-state index contributed by atoms with van der Waals surface area (Å²) < 4.78 is 61.1. The zero-order valence-corrected chi connectivity index (χ0v) is 25.1. The quantitative estimate of drug-likeness (QED) is 0.268. The SMILES string of the molecule is Cc1n(C(=O)Cc2ccc(Oc3ncnc4cc5c(cc34)OCCOCCOCCO5)c(F)c2)c(=O)n(-c2ccc(F)cc2)[n+]1C. The zero-order valence-electron chi connectivity index (χ0n) is 25.1. The highest BCUT2D eigenvalue weighted by molar-refractivity contribution is 5.87. The molecule has 0 saturated heterocycles. The molecule has 0 radical (unpaired) electrons. The van der Waals surface area contributed by atoms with Crippen molar-refractivity contribution in [1.82, 2.24) is 19.2 Å². The number of aromatic nitrogens is 5. The van der Waals surface area contributed by atoms with Gasteiger partial charge in [0, 0.05) is 13.0 Å². The summed E-state index contributed by atoms with van der Waals surface area (Å²) in [6.45, 7) is 3.79. The average molecular weight is 635 g/mol. The second kappa shape index (κ2) is 13.4. The first-order chi connectivity index (χ1) is 22.3. The minimum Gasteiger partial charge on any atom is -0.487 e. The van der Waals surface area contributed by atoms with Crippen molar-refractivity contribution in [3.05, 3.63) is 94.4 Å². The molecule has 0 atom stereocenters. The minimum atomic E-state index is -0.737. The van der Waals surface area contributed by atoms with Crippen molar-refractivity contribution in [2.75, 3.05) is 39.6 Å². The van der Waals surface area contributed by atoms with Crippen molar-refractivity contribution in [2.24, 2.45) is 7.05 Å². The molecule has 12 nitrogen and oxygen atoms in total. The van der Waals surface area contributed by atoms with E-state index in [1.165, 1.54) is 58.2 Å². The van der Waals surface area contributed by atoms with E-state index >= 15 is 4.39 Å². The molecule has 5 aromatic rings. The summed E-state index contributed by atoms with van der Waals surface area (Å²) in [5.74, 6) is -0.590. The van der Waals surface area contributed by atoms with Gasteiger partial charge in [0.15, 0.2) is 23.1 Å². The molecule has 0 fully saturated rings. The Morgan fingerprint density at radius 2 is 1.59 bits per heavy atom. The molecule has 2 aromatic heterocycles. The molecule has 46 heavy (non-hydrogen) atoms. The standard InChI is InChI=1S/C32H30F2N5O7/c1-20-37(2)39(23-6-4-22(33)5-7-23)32(41)38(20)30(40)16-21-3-8-27(25(34)15-21)46-31-24-17-28-29(18-26(24)35-19-36-31)45-14-12-43-10-9-42-11-13-44-28/h3-8,15,17-19H,9-14,16H2,1-2H3/q+1. The van der Waals surface area contributed by atoms with E-state index in [-0.39, 0.29) is 24.7 Å². The third-order valence-electron chi connectivity index (χ3n) is 7.35. The van der Waals surface area contributed by atoms with Crippen molar-refractivity contribution >= 4 is 16.8 Å². The number of ether oxygens (including phenoxy) is 5. The van der Waals surface area contributed by atoms with Gasteiger partial charge in [0.1, 0.15) is 32.4 Å². The van der Waals surface area contributed by atoms with E-state index in [2.05, 4.69) is 9.97 Å². The number of fused-ring (bicyclic) bond motifs is 2. The van der Waals surface area contributed by atoms with Crippen LogP contribution in [0.1, 0.15) is 16.2 Å². The van der Waals surface area contributed by atoms with E-state index in [0.717, 1.165) is 4.57 Å². The van der Waals surface area contributed by atoms with Gasteiger partial charge >= 0.3 is 11.6 Å². The average Bonchev–Trinajstić information content (AvgIpc) is 3.26. The molecule has 238 valence electrons. The number of benzene rings is 3. The summed E-state index contributed by atoms with van der Waals surface area (Å²) in [5.41, 5.74) is 0.566. The van der Waals surface area contributed by atoms with Gasteiger partial charge in [-0.25, -0.2) is 28.3 Å². The highest BCUT2D eigenvalue weighted by Crippen LogP contribution is 2.37. The zero-order chi connectivity index (χ0) is 32.2. The Bertz CT molecular complexity index is 1960. The number of nitrogens with zero attached hydrogens (tertiary/aromatic N) is 5. The molecule has 3 aromatic carbocycles. The van der Waals surface area contributed by atoms with Crippen molar-refractivity contribution in [3.8, 4) is 28.8 Å². The van der Waals surface area contributed by atoms with Crippen LogP contribution in [0.25, 0.3) is 16.6 Å². The smallest absolute Gasteiger partial charge is 0.458 e. The highest BCUT2D eigenvalue weighted by Gasteiger charge is 2.29. The molecule has 0 bridgehead atoms. The maximum Gasteiger partial charge on any atom is 0.458 e. The van der Waals surface area contributed by atoms with Crippen LogP contribution in [0.4, 0.5) is 8.78 Å². The lowest BCUT2D eigenvalue weighted by atomic mass is 10.1. The third kappa shape index (κ3) is 6.43. The number of carbonyl (C=O) groups is 1. The van der Waals surface area contributed by atoms with Crippen LogP contribution in [0.15, 0.2) is 65.7 Å². The predicted octanol–water partition coefficient (Wildman–Crippen LogP) is 3.47. The molecule has 0 aliphatic carbocycles. The van der Waals surface area contributed by atoms with Gasteiger partial charge in [-0.15, -0.1) is 9.25 Å². The number of rotatable bonds is 5. The number of hydrogen-bond donors (Lipinski definition) is 0. The molecular weight excluding hydrogens is 604 g/mol. The lowest BCUT2D eigenvalue weighted by molar-refractivity contribution is -0.751. The summed E-state index contributed by atoms with van der Waals surface area (Å²) in [5, 5.41) is 0.459. The van der Waals surface area contributed by atoms with E-state index in [1.807, 2.05) is 0 Å². The Labute approximate surface area is 261 Å². The number of halogens is 2. The second-order valence-corrected chi connectivity index (χ2v) is 10.3. The van der Waals surface area contributed by atoms with Gasteiger partial charge in [-0.05, 0) is 48.0 Å². The molecule has 1 aliphatic heterocycles. The maximum atomic E-state index is 15.3. The van der Waals surface area contributed by atoms with Crippen LogP contribution in [0, 0.1) is 18.6 Å². The summed E-state index contributed by atoms with van der Waals surface area (Å²) in [6, 6.07) is 12.8. The van der Waals surface area contributed by atoms with Crippen molar-refractivity contribution in [3.63, 3.8) is 0 Å². The number of carbonyl (C=O) groups excluding carboxylic acids is 1. The molecule has 1 aliphatic rings. The van der Waals surface area contributed by atoms with Crippen LogP contribution in [0.3, 0.4) is 0 Å². The maximum absolute atomic E-state index is 15.3. The molecule has 0 amide bonds. The van der Waals surface area contributed by atoms with Gasteiger partial charge in [0.25, 0.3) is 5.82 Å². The van der Waals surface area contributed by atoms with E-state index in [4.69, 9.17) is 23.7 Å². The largest absolute Gasteiger partial charge is 0.487 e.